The minimum absolute atomic E-state index is 0.0242. The maximum Gasteiger partial charge on any atom is 0.282 e. The van der Waals surface area contributed by atoms with Gasteiger partial charge in [-0.15, -0.1) is 0 Å². The zero-order valence-corrected chi connectivity index (χ0v) is 14.8. The van der Waals surface area contributed by atoms with Crippen molar-refractivity contribution in [3.63, 3.8) is 0 Å². The summed E-state index contributed by atoms with van der Waals surface area (Å²) in [5.74, 6) is -7.65. The Hall–Kier alpha value is -3.16. The third-order valence-electron chi connectivity index (χ3n) is 3.97. The molecule has 2 aromatic rings. The summed E-state index contributed by atoms with van der Waals surface area (Å²) in [7, 11) is 0. The molecule has 8 heteroatoms. The van der Waals surface area contributed by atoms with Crippen molar-refractivity contribution in [2.75, 3.05) is 0 Å². The zero-order chi connectivity index (χ0) is 20.6. The van der Waals surface area contributed by atoms with Gasteiger partial charge in [0, 0.05) is 17.3 Å². The summed E-state index contributed by atoms with van der Waals surface area (Å²) in [6.45, 7) is 11.7. The molecule has 0 atom stereocenters. The number of aromatic nitrogens is 2. The lowest BCUT2D eigenvalue weighted by atomic mass is 9.94. The summed E-state index contributed by atoms with van der Waals surface area (Å²) in [6.07, 6.45) is 1.39. The molecule has 0 amide bonds. The first-order valence-corrected chi connectivity index (χ1v) is 7.71. The standard InChI is InChI=1S/C19H16F4N2O2/c1-6-9(4)13(8(2)3)18(26)14-10(5)24-25(19(14)27)17-15(22)11(20)7-12(21)16(17)23/h6-7,24H,1-2H2,3-5H3/b13-9+. The van der Waals surface area contributed by atoms with Crippen molar-refractivity contribution in [2.24, 2.45) is 0 Å². The number of allylic oxidation sites excluding steroid dienone is 4. The molecular weight excluding hydrogens is 364 g/mol. The summed E-state index contributed by atoms with van der Waals surface area (Å²) < 4.78 is 55.3. The largest absolute Gasteiger partial charge is 0.294 e. The Morgan fingerprint density at radius 2 is 1.67 bits per heavy atom. The van der Waals surface area contributed by atoms with Crippen molar-refractivity contribution >= 4 is 5.78 Å². The van der Waals surface area contributed by atoms with Crippen LogP contribution < -0.4 is 5.56 Å². The molecule has 0 bridgehead atoms. The number of H-pyrrole nitrogens is 1. The molecule has 1 aromatic heterocycles. The van der Waals surface area contributed by atoms with Crippen molar-refractivity contribution in [1.82, 2.24) is 9.78 Å². The number of aryl methyl sites for hydroxylation is 1. The zero-order valence-electron chi connectivity index (χ0n) is 14.8. The Labute approximate surface area is 152 Å². The fourth-order valence-corrected chi connectivity index (χ4v) is 2.66. The third-order valence-corrected chi connectivity index (χ3v) is 3.97. The van der Waals surface area contributed by atoms with Crippen LogP contribution in [0.1, 0.15) is 29.9 Å². The first-order valence-electron chi connectivity index (χ1n) is 7.71. The van der Waals surface area contributed by atoms with Crippen LogP contribution in [0.2, 0.25) is 0 Å². The molecule has 142 valence electrons. The molecule has 0 aliphatic rings. The minimum Gasteiger partial charge on any atom is -0.294 e. The predicted octanol–water partition coefficient (Wildman–Crippen LogP) is 4.29. The molecule has 0 saturated heterocycles. The number of halogens is 4. The van der Waals surface area contributed by atoms with Crippen molar-refractivity contribution in [3.8, 4) is 5.69 Å². The monoisotopic (exact) mass is 380 g/mol. The Bertz CT molecular complexity index is 1050. The molecule has 4 nitrogen and oxygen atoms in total. The van der Waals surface area contributed by atoms with Gasteiger partial charge in [-0.3, -0.25) is 14.7 Å². The van der Waals surface area contributed by atoms with E-state index >= 15 is 0 Å². The lowest BCUT2D eigenvalue weighted by Crippen LogP contribution is -2.24. The SMILES string of the molecule is C=C/C(C)=C(\C(=C)C)C(=O)c1c(C)[nH]n(-c2c(F)c(F)cc(F)c2F)c1=O. The van der Waals surface area contributed by atoms with Gasteiger partial charge in [0.1, 0.15) is 11.3 Å². The summed E-state index contributed by atoms with van der Waals surface area (Å²) in [5.41, 5.74) is -2.02. The molecule has 0 unspecified atom stereocenters. The van der Waals surface area contributed by atoms with Gasteiger partial charge in [-0.1, -0.05) is 19.2 Å². The highest BCUT2D eigenvalue weighted by Gasteiger charge is 2.28. The van der Waals surface area contributed by atoms with Crippen LogP contribution >= 0.6 is 0 Å². The maximum absolute atomic E-state index is 14.0. The van der Waals surface area contributed by atoms with E-state index in [0.717, 1.165) is 0 Å². The molecule has 27 heavy (non-hydrogen) atoms. The van der Waals surface area contributed by atoms with Gasteiger partial charge in [-0.05, 0) is 31.9 Å². The lowest BCUT2D eigenvalue weighted by molar-refractivity contribution is 0.103. The molecule has 0 aliphatic heterocycles. The van der Waals surface area contributed by atoms with Gasteiger partial charge < -0.3 is 0 Å². The lowest BCUT2D eigenvalue weighted by Gasteiger charge is -2.08. The number of hydrogen-bond donors (Lipinski definition) is 1. The molecule has 0 radical (unpaired) electrons. The first kappa shape index (κ1) is 20.2. The molecule has 0 aliphatic carbocycles. The number of Topliss-reactive ketones (excluding diaryl/α,β-unsaturated/α-hetero) is 1. The van der Waals surface area contributed by atoms with E-state index in [-0.39, 0.29) is 22.0 Å². The highest BCUT2D eigenvalue weighted by atomic mass is 19.2. The van der Waals surface area contributed by atoms with Gasteiger partial charge in [-0.2, -0.15) is 0 Å². The summed E-state index contributed by atoms with van der Waals surface area (Å²) >= 11 is 0. The third kappa shape index (κ3) is 3.30. The molecule has 0 fully saturated rings. The number of rotatable bonds is 5. The Balaban J connectivity index is 2.81. The summed E-state index contributed by atoms with van der Waals surface area (Å²) in [4.78, 5) is 25.5. The molecule has 1 N–H and O–H groups in total. The number of benzene rings is 1. The molecule has 0 spiro atoms. The average Bonchev–Trinajstić information content (AvgIpc) is 2.87. The van der Waals surface area contributed by atoms with Crippen LogP contribution in [0.5, 0.6) is 0 Å². The van der Waals surface area contributed by atoms with Crippen LogP contribution in [0.3, 0.4) is 0 Å². The molecule has 1 heterocycles. The Kier molecular flexibility index (Phi) is 5.39. The van der Waals surface area contributed by atoms with Gasteiger partial charge in [0.25, 0.3) is 5.56 Å². The number of carbonyl (C=O) groups excluding carboxylic acids is 1. The summed E-state index contributed by atoms with van der Waals surface area (Å²) in [5, 5.41) is 2.29. The highest BCUT2D eigenvalue weighted by Crippen LogP contribution is 2.24. The van der Waals surface area contributed by atoms with E-state index in [1.807, 2.05) is 0 Å². The van der Waals surface area contributed by atoms with E-state index in [1.54, 1.807) is 13.8 Å². The Morgan fingerprint density at radius 3 is 2.11 bits per heavy atom. The van der Waals surface area contributed by atoms with Crippen LogP contribution in [0.25, 0.3) is 5.69 Å². The van der Waals surface area contributed by atoms with Crippen molar-refractivity contribution in [3.05, 3.63) is 86.9 Å². The number of aromatic amines is 1. The van der Waals surface area contributed by atoms with E-state index in [9.17, 15) is 27.2 Å². The van der Waals surface area contributed by atoms with Crippen molar-refractivity contribution < 1.29 is 22.4 Å². The van der Waals surface area contributed by atoms with E-state index in [0.29, 0.717) is 11.1 Å². The fourth-order valence-electron chi connectivity index (χ4n) is 2.66. The molecule has 1 aromatic carbocycles. The second kappa shape index (κ2) is 7.22. The van der Waals surface area contributed by atoms with E-state index in [4.69, 9.17) is 0 Å². The van der Waals surface area contributed by atoms with Crippen LogP contribution in [0.4, 0.5) is 17.6 Å². The highest BCUT2D eigenvalue weighted by molar-refractivity contribution is 6.12. The van der Waals surface area contributed by atoms with Gasteiger partial charge in [0.05, 0.1) is 0 Å². The molecule has 2 rings (SSSR count). The second-order valence-corrected chi connectivity index (χ2v) is 5.94. The van der Waals surface area contributed by atoms with Crippen LogP contribution in [0, 0.1) is 30.2 Å². The number of nitrogens with one attached hydrogen (secondary N) is 1. The smallest absolute Gasteiger partial charge is 0.282 e. The van der Waals surface area contributed by atoms with E-state index in [2.05, 4.69) is 18.3 Å². The quantitative estimate of drug-likeness (QED) is 0.277. The van der Waals surface area contributed by atoms with Crippen molar-refractivity contribution in [2.45, 2.75) is 20.8 Å². The van der Waals surface area contributed by atoms with Gasteiger partial charge >= 0.3 is 0 Å². The molecular formula is C19H16F4N2O2. The van der Waals surface area contributed by atoms with Crippen LogP contribution in [-0.4, -0.2) is 15.6 Å². The first-order chi connectivity index (χ1) is 12.5. The predicted molar refractivity (Wildman–Crippen MR) is 93.0 cm³/mol. The minimum atomic E-state index is -1.77. The fraction of sp³-hybridized carbons (Fsp3) is 0.158. The summed E-state index contributed by atoms with van der Waals surface area (Å²) in [6, 6.07) is 0.0242. The van der Waals surface area contributed by atoms with Crippen molar-refractivity contribution in [1.29, 1.82) is 0 Å². The topological polar surface area (TPSA) is 54.9 Å². The average molecular weight is 380 g/mol. The molecule has 0 saturated carbocycles. The van der Waals surface area contributed by atoms with E-state index in [1.165, 1.54) is 13.0 Å². The number of nitrogens with zero attached hydrogens (tertiary/aromatic N) is 1. The van der Waals surface area contributed by atoms with E-state index < -0.39 is 45.9 Å². The Morgan fingerprint density at radius 1 is 1.15 bits per heavy atom. The van der Waals surface area contributed by atoms with Gasteiger partial charge in [0.2, 0.25) is 5.78 Å². The number of hydrogen-bond acceptors (Lipinski definition) is 2. The normalized spacial score (nSPS) is 12.0. The maximum atomic E-state index is 14.0. The van der Waals surface area contributed by atoms with Crippen LogP contribution in [-0.2, 0) is 0 Å². The number of carbonyl (C=O) groups is 1. The van der Waals surface area contributed by atoms with Gasteiger partial charge in [0.15, 0.2) is 23.3 Å². The van der Waals surface area contributed by atoms with Crippen LogP contribution in [0.15, 0.2) is 46.8 Å². The second-order valence-electron chi connectivity index (χ2n) is 5.94. The number of ketones is 1. The van der Waals surface area contributed by atoms with Gasteiger partial charge in [-0.25, -0.2) is 22.2 Å².